The summed E-state index contributed by atoms with van der Waals surface area (Å²) in [5.41, 5.74) is 13.2. The maximum Gasteiger partial charge on any atom is 0.177 e. The molecular weight excluding hydrogens is 645 g/mol. The summed E-state index contributed by atoms with van der Waals surface area (Å²) >= 11 is 0. The van der Waals surface area contributed by atoms with Crippen molar-refractivity contribution < 1.29 is 9.47 Å². The highest BCUT2D eigenvalue weighted by atomic mass is 16.6. The first-order chi connectivity index (χ1) is 26.0. The van der Waals surface area contributed by atoms with Crippen LogP contribution in [0, 0.1) is 5.92 Å². The molecule has 3 aliphatic rings. The second-order valence-corrected chi connectivity index (χ2v) is 14.9. The average Bonchev–Trinajstić information content (AvgIpc) is 3.45. The molecule has 258 valence electrons. The van der Waals surface area contributed by atoms with Gasteiger partial charge in [0.2, 0.25) is 0 Å². The number of fused-ring (bicyclic) bond motifs is 6. The Morgan fingerprint density at radius 2 is 1.30 bits per heavy atom. The SMILES string of the molecule is C/C(=C\C(=C/Cc1ccccc1-c1cccc2c1Oc1c(ccc3c1C1C=CC=CC1C3(C)C)O2)c1ccccc1-c1ccccc1)c1ccccc1. The average molecular weight is 687 g/mol. The van der Waals surface area contributed by atoms with Gasteiger partial charge in [-0.05, 0) is 86.9 Å². The first-order valence-corrected chi connectivity index (χ1v) is 18.7. The minimum absolute atomic E-state index is 0.0114. The number of allylic oxidation sites excluding steroid dienone is 8. The van der Waals surface area contributed by atoms with Gasteiger partial charge in [-0.15, -0.1) is 0 Å². The third-order valence-electron chi connectivity index (χ3n) is 11.3. The summed E-state index contributed by atoms with van der Waals surface area (Å²) in [6.45, 7) is 6.90. The molecule has 9 rings (SSSR count). The summed E-state index contributed by atoms with van der Waals surface area (Å²) in [5, 5.41) is 0. The Labute approximate surface area is 313 Å². The summed E-state index contributed by atoms with van der Waals surface area (Å²) in [7, 11) is 0. The number of hydrogen-bond acceptors (Lipinski definition) is 2. The number of ether oxygens (including phenoxy) is 2. The van der Waals surface area contributed by atoms with Crippen LogP contribution in [0.1, 0.15) is 54.5 Å². The third kappa shape index (κ3) is 5.85. The van der Waals surface area contributed by atoms with E-state index in [0.29, 0.717) is 5.92 Å². The quantitative estimate of drug-likeness (QED) is 0.155. The highest BCUT2D eigenvalue weighted by Gasteiger charge is 2.47. The second kappa shape index (κ2) is 13.5. The van der Waals surface area contributed by atoms with Crippen molar-refractivity contribution in [3.63, 3.8) is 0 Å². The van der Waals surface area contributed by atoms with E-state index in [1.807, 2.05) is 6.07 Å². The van der Waals surface area contributed by atoms with Crippen molar-refractivity contribution in [1.29, 1.82) is 0 Å². The van der Waals surface area contributed by atoms with Gasteiger partial charge in [-0.1, -0.05) is 178 Å². The Bertz CT molecular complexity index is 2460. The summed E-state index contributed by atoms with van der Waals surface area (Å²) in [6, 6.07) is 49.3. The molecule has 0 fully saturated rings. The normalized spacial score (nSPS) is 17.9. The molecule has 0 saturated carbocycles. The van der Waals surface area contributed by atoms with Crippen LogP contribution in [0.25, 0.3) is 33.4 Å². The first-order valence-electron chi connectivity index (χ1n) is 18.7. The third-order valence-corrected chi connectivity index (χ3v) is 11.3. The van der Waals surface area contributed by atoms with Gasteiger partial charge in [0, 0.05) is 17.0 Å². The lowest BCUT2D eigenvalue weighted by Crippen LogP contribution is -2.24. The Morgan fingerprint density at radius 3 is 2.13 bits per heavy atom. The van der Waals surface area contributed by atoms with Crippen molar-refractivity contribution in [2.75, 3.05) is 0 Å². The Morgan fingerprint density at radius 1 is 0.623 bits per heavy atom. The molecule has 1 heterocycles. The molecule has 1 aliphatic heterocycles. The van der Waals surface area contributed by atoms with E-state index in [4.69, 9.17) is 9.47 Å². The number of hydrogen-bond donors (Lipinski definition) is 0. The molecule has 0 amide bonds. The maximum atomic E-state index is 7.06. The van der Waals surface area contributed by atoms with Crippen LogP contribution in [-0.4, -0.2) is 0 Å². The van der Waals surface area contributed by atoms with Crippen molar-refractivity contribution in [3.05, 3.63) is 204 Å². The molecule has 0 bridgehead atoms. The van der Waals surface area contributed by atoms with Crippen molar-refractivity contribution in [1.82, 2.24) is 0 Å². The predicted molar refractivity (Wildman–Crippen MR) is 220 cm³/mol. The minimum atomic E-state index is -0.0114. The van der Waals surface area contributed by atoms with Crippen LogP contribution in [0.15, 0.2) is 176 Å². The molecule has 0 aromatic heterocycles. The summed E-state index contributed by atoms with van der Waals surface area (Å²) in [5.74, 6) is 3.78. The van der Waals surface area contributed by atoms with Gasteiger partial charge in [-0.3, -0.25) is 0 Å². The molecule has 0 spiro atoms. The van der Waals surface area contributed by atoms with Gasteiger partial charge in [0.1, 0.15) is 0 Å². The van der Waals surface area contributed by atoms with E-state index in [-0.39, 0.29) is 11.3 Å². The zero-order chi connectivity index (χ0) is 35.9. The van der Waals surface area contributed by atoms with Crippen LogP contribution in [0.3, 0.4) is 0 Å². The monoisotopic (exact) mass is 686 g/mol. The van der Waals surface area contributed by atoms with E-state index < -0.39 is 0 Å². The van der Waals surface area contributed by atoms with Gasteiger partial charge in [0.25, 0.3) is 0 Å². The zero-order valence-corrected chi connectivity index (χ0v) is 30.4. The standard InChI is InChI=1S/C51H42O2/c1-34(35-17-6-4-7-18-35)33-38(41-24-13-12-22-39(41)36-19-8-5-9-20-36)30-29-37-21-10-11-23-40(37)42-26-16-28-46-49(42)53-50-47(52-46)32-31-45-48(50)43-25-14-15-27-44(43)51(45,2)3/h4-28,30-33,43-44H,29H2,1-3H3/b34-33+,38-30+. The van der Waals surface area contributed by atoms with Crippen LogP contribution < -0.4 is 9.47 Å². The van der Waals surface area contributed by atoms with Crippen molar-refractivity contribution in [2.24, 2.45) is 5.92 Å². The predicted octanol–water partition coefficient (Wildman–Crippen LogP) is 13.8. The van der Waals surface area contributed by atoms with Gasteiger partial charge in [-0.25, -0.2) is 0 Å². The van der Waals surface area contributed by atoms with Gasteiger partial charge in [0.05, 0.1) is 0 Å². The molecule has 6 aromatic rings. The second-order valence-electron chi connectivity index (χ2n) is 14.9. The maximum absolute atomic E-state index is 7.06. The fraction of sp³-hybridized carbons (Fsp3) is 0.137. The van der Waals surface area contributed by atoms with Gasteiger partial charge in [-0.2, -0.15) is 0 Å². The fourth-order valence-corrected chi connectivity index (χ4v) is 8.59. The van der Waals surface area contributed by atoms with Crippen LogP contribution >= 0.6 is 0 Å². The van der Waals surface area contributed by atoms with Gasteiger partial charge >= 0.3 is 0 Å². The van der Waals surface area contributed by atoms with Crippen LogP contribution in [0.2, 0.25) is 0 Å². The van der Waals surface area contributed by atoms with E-state index in [2.05, 4.69) is 191 Å². The Hall–Kier alpha value is -6.12. The Kier molecular flexibility index (Phi) is 8.32. The lowest BCUT2D eigenvalue weighted by molar-refractivity contribution is 0.355. The molecule has 2 heteroatoms. The number of rotatable bonds is 7. The highest BCUT2D eigenvalue weighted by molar-refractivity contribution is 5.90. The van der Waals surface area contributed by atoms with Crippen LogP contribution in [-0.2, 0) is 11.8 Å². The largest absolute Gasteiger partial charge is 0.449 e. The molecule has 2 nitrogen and oxygen atoms in total. The van der Waals surface area contributed by atoms with E-state index >= 15 is 0 Å². The van der Waals surface area contributed by atoms with E-state index in [0.717, 1.165) is 40.5 Å². The van der Waals surface area contributed by atoms with E-state index in [1.54, 1.807) is 0 Å². The molecule has 0 radical (unpaired) electrons. The smallest absolute Gasteiger partial charge is 0.177 e. The molecule has 0 N–H and O–H groups in total. The topological polar surface area (TPSA) is 18.5 Å². The van der Waals surface area contributed by atoms with Gasteiger partial charge in [0.15, 0.2) is 23.0 Å². The lowest BCUT2D eigenvalue weighted by atomic mass is 9.74. The van der Waals surface area contributed by atoms with Crippen LogP contribution in [0.4, 0.5) is 0 Å². The molecular formula is C51H42O2. The van der Waals surface area contributed by atoms with Crippen molar-refractivity contribution in [2.45, 2.75) is 38.5 Å². The minimum Gasteiger partial charge on any atom is -0.449 e. The summed E-state index contributed by atoms with van der Waals surface area (Å²) in [4.78, 5) is 0. The lowest BCUT2D eigenvalue weighted by Gasteiger charge is -2.29. The van der Waals surface area contributed by atoms with Crippen molar-refractivity contribution >= 4 is 11.1 Å². The molecule has 6 aromatic carbocycles. The molecule has 2 atom stereocenters. The number of para-hydroxylation sites is 1. The van der Waals surface area contributed by atoms with E-state index in [1.165, 1.54) is 50.1 Å². The highest BCUT2D eigenvalue weighted by Crippen LogP contribution is 2.61. The Balaban J connectivity index is 1.13. The van der Waals surface area contributed by atoms with Crippen molar-refractivity contribution in [3.8, 4) is 45.3 Å². The zero-order valence-electron chi connectivity index (χ0n) is 30.4. The molecule has 53 heavy (non-hydrogen) atoms. The van der Waals surface area contributed by atoms with E-state index in [9.17, 15) is 0 Å². The summed E-state index contributed by atoms with van der Waals surface area (Å²) in [6.07, 6.45) is 14.5. The molecule has 0 saturated heterocycles. The molecule has 2 unspecified atom stereocenters. The molecule has 2 aliphatic carbocycles. The summed E-state index contributed by atoms with van der Waals surface area (Å²) < 4.78 is 13.7. The van der Waals surface area contributed by atoms with Crippen LogP contribution in [0.5, 0.6) is 23.0 Å². The van der Waals surface area contributed by atoms with Gasteiger partial charge < -0.3 is 9.47 Å². The first kappa shape index (κ1) is 32.8. The number of benzene rings is 6. The fourth-order valence-electron chi connectivity index (χ4n) is 8.59.